The number of nitrogens with zero attached hydrogens (tertiary/aromatic N) is 6. The highest BCUT2D eigenvalue weighted by molar-refractivity contribution is 7.19. The van der Waals surface area contributed by atoms with Gasteiger partial charge in [0.1, 0.15) is 23.4 Å². The third-order valence-electron chi connectivity index (χ3n) is 5.81. The Morgan fingerprint density at radius 3 is 2.39 bits per heavy atom. The number of nitrogens with one attached hydrogen (secondary N) is 1. The van der Waals surface area contributed by atoms with E-state index in [9.17, 15) is 19.6 Å². The lowest BCUT2D eigenvalue weighted by Crippen LogP contribution is -2.25. The van der Waals surface area contributed by atoms with E-state index in [1.54, 1.807) is 18.2 Å². The Balaban J connectivity index is 1.84. The molecular formula is C31H31N7O5S. The molecule has 0 bridgehead atoms. The van der Waals surface area contributed by atoms with Gasteiger partial charge in [-0.05, 0) is 49.7 Å². The summed E-state index contributed by atoms with van der Waals surface area (Å²) < 4.78 is 9.98. The van der Waals surface area contributed by atoms with E-state index in [4.69, 9.17) is 9.47 Å². The van der Waals surface area contributed by atoms with E-state index < -0.39 is 17.8 Å². The lowest BCUT2D eigenvalue weighted by atomic mass is 10.2. The first-order chi connectivity index (χ1) is 21.4. The van der Waals surface area contributed by atoms with Crippen molar-refractivity contribution in [2.24, 2.45) is 20.5 Å². The molecule has 13 heteroatoms. The van der Waals surface area contributed by atoms with Crippen LogP contribution in [0.1, 0.15) is 25.3 Å². The van der Waals surface area contributed by atoms with Crippen LogP contribution in [0.15, 0.2) is 100 Å². The number of hydrogen-bond acceptors (Lipinski definition) is 12. The third kappa shape index (κ3) is 10.4. The monoisotopic (exact) mass is 613 g/mol. The van der Waals surface area contributed by atoms with Crippen molar-refractivity contribution in [3.05, 3.63) is 85.5 Å². The van der Waals surface area contributed by atoms with Gasteiger partial charge in [0.2, 0.25) is 5.91 Å². The molecule has 0 radical (unpaired) electrons. The molecule has 44 heavy (non-hydrogen) atoms. The zero-order valence-corrected chi connectivity index (χ0v) is 25.0. The summed E-state index contributed by atoms with van der Waals surface area (Å²) in [6.45, 7) is 10.0. The van der Waals surface area contributed by atoms with Crippen LogP contribution < -0.4 is 10.2 Å². The number of nitriles is 1. The largest absolute Gasteiger partial charge is 0.462 e. The fourth-order valence-electron chi connectivity index (χ4n) is 3.65. The van der Waals surface area contributed by atoms with Crippen molar-refractivity contribution in [3.8, 4) is 6.07 Å². The highest BCUT2D eigenvalue weighted by Crippen LogP contribution is 2.39. The van der Waals surface area contributed by atoms with E-state index in [1.165, 1.54) is 0 Å². The summed E-state index contributed by atoms with van der Waals surface area (Å²) in [7, 11) is 0. The van der Waals surface area contributed by atoms with E-state index in [-0.39, 0.29) is 25.2 Å². The number of benzene rings is 2. The first kappa shape index (κ1) is 33.0. The fourth-order valence-corrected chi connectivity index (χ4v) is 4.41. The molecule has 0 unspecified atom stereocenters. The Labute approximate surface area is 259 Å². The lowest BCUT2D eigenvalue weighted by Gasteiger charge is -2.24. The minimum atomic E-state index is -0.626. The smallest absolute Gasteiger partial charge is 0.330 e. The number of rotatable bonds is 16. The number of ether oxygens (including phenoxy) is 2. The molecule has 2 aromatic carbocycles. The van der Waals surface area contributed by atoms with Gasteiger partial charge in [-0.2, -0.15) is 5.26 Å². The minimum absolute atomic E-state index is 0.0914. The van der Waals surface area contributed by atoms with Crippen molar-refractivity contribution >= 4 is 61.9 Å². The number of carbonyl (C=O) groups is 3. The summed E-state index contributed by atoms with van der Waals surface area (Å²) in [5.74, 6) is -1.52. The zero-order chi connectivity index (χ0) is 31.7. The number of esters is 2. The Morgan fingerprint density at radius 2 is 1.70 bits per heavy atom. The maximum absolute atomic E-state index is 12.7. The molecule has 0 fully saturated rings. The SMILES string of the molecule is C=CC(=O)OCCCN(CC)c1ccc(/N=N/c2sc(/N=N/c3ccccc3)cc2C#N)c(NC(=O)CCOC(=O)C=C)c1. The Kier molecular flexibility index (Phi) is 13.1. The van der Waals surface area contributed by atoms with E-state index >= 15 is 0 Å². The second-order valence-electron chi connectivity index (χ2n) is 8.83. The molecular weight excluding hydrogens is 582 g/mol. The number of hydrogen-bond donors (Lipinski definition) is 1. The van der Waals surface area contributed by atoms with Crippen LogP contribution in [0.3, 0.4) is 0 Å². The number of amides is 1. The molecule has 1 aromatic heterocycles. The van der Waals surface area contributed by atoms with E-state index in [1.807, 2.05) is 48.2 Å². The van der Waals surface area contributed by atoms with Gasteiger partial charge >= 0.3 is 11.9 Å². The van der Waals surface area contributed by atoms with Crippen molar-refractivity contribution in [1.82, 2.24) is 0 Å². The summed E-state index contributed by atoms with van der Waals surface area (Å²) >= 11 is 1.15. The van der Waals surface area contributed by atoms with Crippen LogP contribution >= 0.6 is 11.3 Å². The summed E-state index contributed by atoms with van der Waals surface area (Å²) in [6, 6.07) is 18.1. The number of carbonyl (C=O) groups excluding carboxylic acids is 3. The number of azo groups is 2. The molecule has 0 aliphatic rings. The normalized spacial score (nSPS) is 10.7. The van der Waals surface area contributed by atoms with Crippen LogP contribution in [0, 0.1) is 11.3 Å². The molecule has 1 N–H and O–H groups in total. The lowest BCUT2D eigenvalue weighted by molar-refractivity contribution is -0.139. The average Bonchev–Trinajstić information content (AvgIpc) is 3.45. The molecule has 0 atom stereocenters. The number of anilines is 2. The van der Waals surface area contributed by atoms with Crippen LogP contribution in [-0.4, -0.2) is 44.1 Å². The highest BCUT2D eigenvalue weighted by atomic mass is 32.1. The molecule has 0 saturated heterocycles. The maximum Gasteiger partial charge on any atom is 0.330 e. The summed E-state index contributed by atoms with van der Waals surface area (Å²) in [5, 5.41) is 30.3. The predicted octanol–water partition coefficient (Wildman–Crippen LogP) is 7.45. The molecule has 1 heterocycles. The standard InChI is InChI=1S/C31H31N7O5S/c1-4-29(40)42-17-10-16-38(6-3)24-13-14-25(26(20-24)33-27(39)15-18-43-30(41)5-2)35-37-31-22(21-32)19-28(44-31)36-34-23-11-8-7-9-12-23/h4-5,7-9,11-14,19-20H,1-2,6,10,15-18H2,3H3,(H,33,39)/b36-34+,37-35+. The summed E-state index contributed by atoms with van der Waals surface area (Å²) in [6.07, 6.45) is 2.62. The van der Waals surface area contributed by atoms with Crippen molar-refractivity contribution in [1.29, 1.82) is 5.26 Å². The molecule has 3 rings (SSSR count). The first-order valence-corrected chi connectivity index (χ1v) is 14.4. The van der Waals surface area contributed by atoms with Gasteiger partial charge in [-0.25, -0.2) is 9.59 Å². The molecule has 12 nitrogen and oxygen atoms in total. The van der Waals surface area contributed by atoms with Crippen LogP contribution in [-0.2, 0) is 23.9 Å². The molecule has 226 valence electrons. The van der Waals surface area contributed by atoms with Gasteiger partial charge < -0.3 is 19.7 Å². The van der Waals surface area contributed by atoms with Crippen LogP contribution in [0.25, 0.3) is 0 Å². The zero-order valence-electron chi connectivity index (χ0n) is 24.1. The molecule has 0 aliphatic heterocycles. The van der Waals surface area contributed by atoms with Crippen LogP contribution in [0.5, 0.6) is 0 Å². The molecule has 3 aromatic rings. The minimum Gasteiger partial charge on any atom is -0.462 e. The summed E-state index contributed by atoms with van der Waals surface area (Å²) in [4.78, 5) is 37.4. The second-order valence-corrected chi connectivity index (χ2v) is 9.84. The van der Waals surface area contributed by atoms with Gasteiger partial charge in [-0.15, -0.1) is 20.5 Å². The summed E-state index contributed by atoms with van der Waals surface area (Å²) in [5.41, 5.74) is 2.43. The van der Waals surface area contributed by atoms with E-state index in [0.29, 0.717) is 46.6 Å². The topological polar surface area (TPSA) is 158 Å². The first-order valence-electron chi connectivity index (χ1n) is 13.6. The highest BCUT2D eigenvalue weighted by Gasteiger charge is 2.14. The van der Waals surface area contributed by atoms with Crippen molar-refractivity contribution in [3.63, 3.8) is 0 Å². The molecule has 0 spiro atoms. The molecule has 0 aliphatic carbocycles. The predicted molar refractivity (Wildman–Crippen MR) is 168 cm³/mol. The van der Waals surface area contributed by atoms with Gasteiger partial charge in [0, 0.05) is 30.9 Å². The van der Waals surface area contributed by atoms with Gasteiger partial charge in [0.25, 0.3) is 0 Å². The van der Waals surface area contributed by atoms with Crippen molar-refractivity contribution in [2.75, 3.05) is 36.5 Å². The Morgan fingerprint density at radius 1 is 0.977 bits per heavy atom. The molecule has 1 amide bonds. The second kappa shape index (κ2) is 17.5. The fraction of sp³-hybridized carbons (Fsp3) is 0.226. The van der Waals surface area contributed by atoms with Crippen LogP contribution in [0.2, 0.25) is 0 Å². The van der Waals surface area contributed by atoms with Gasteiger partial charge in [0.15, 0.2) is 5.00 Å². The van der Waals surface area contributed by atoms with E-state index in [0.717, 1.165) is 29.2 Å². The van der Waals surface area contributed by atoms with Gasteiger partial charge in [-0.1, -0.05) is 42.7 Å². The van der Waals surface area contributed by atoms with Crippen LogP contribution in [0.4, 0.5) is 32.8 Å². The van der Waals surface area contributed by atoms with Crippen molar-refractivity contribution in [2.45, 2.75) is 19.8 Å². The Hall–Kier alpha value is -5.48. The van der Waals surface area contributed by atoms with E-state index in [2.05, 4.69) is 45.0 Å². The van der Waals surface area contributed by atoms with Gasteiger partial charge in [0.05, 0.1) is 30.0 Å². The average molecular weight is 614 g/mol. The molecule has 0 saturated carbocycles. The maximum atomic E-state index is 12.7. The van der Waals surface area contributed by atoms with Crippen molar-refractivity contribution < 1.29 is 23.9 Å². The van der Waals surface area contributed by atoms with Gasteiger partial charge in [-0.3, -0.25) is 4.79 Å². The number of thiophene rings is 1. The quantitative estimate of drug-likeness (QED) is 0.0760. The Bertz CT molecular complexity index is 1580. The third-order valence-corrected chi connectivity index (χ3v) is 6.72.